The summed E-state index contributed by atoms with van der Waals surface area (Å²) in [5.41, 5.74) is 3.04. The molecule has 0 amide bonds. The van der Waals surface area contributed by atoms with Gasteiger partial charge >= 0.3 is 5.97 Å². The summed E-state index contributed by atoms with van der Waals surface area (Å²) in [6, 6.07) is 12.5. The number of carbonyl (C=O) groups excluding carboxylic acids is 1. The van der Waals surface area contributed by atoms with Crippen molar-refractivity contribution in [2.75, 3.05) is 14.2 Å². The number of benzene rings is 2. The standard InChI is InChI=1S/C18H15ClO4/c1-22-12-6-3-10(4-7-12)15-13-8-5-11(19)9-14(13)17(20)16(15)18(21)23-2/h3-9,17,20H,1-2H3. The third-order valence-electron chi connectivity index (χ3n) is 3.90. The van der Waals surface area contributed by atoms with Gasteiger partial charge in [-0.15, -0.1) is 0 Å². The number of methoxy groups -OCH3 is 2. The van der Waals surface area contributed by atoms with Crippen molar-refractivity contribution in [2.24, 2.45) is 0 Å². The number of esters is 1. The number of aliphatic hydroxyl groups is 1. The van der Waals surface area contributed by atoms with E-state index < -0.39 is 12.1 Å². The van der Waals surface area contributed by atoms with E-state index >= 15 is 0 Å². The van der Waals surface area contributed by atoms with Gasteiger partial charge in [-0.05, 0) is 41.0 Å². The molecule has 1 aliphatic carbocycles. The fraction of sp³-hybridized carbons (Fsp3) is 0.167. The topological polar surface area (TPSA) is 55.8 Å². The lowest BCUT2D eigenvalue weighted by Gasteiger charge is -2.10. The summed E-state index contributed by atoms with van der Waals surface area (Å²) in [7, 11) is 2.88. The predicted molar refractivity (Wildman–Crippen MR) is 87.4 cm³/mol. The molecule has 0 aromatic heterocycles. The molecule has 0 saturated carbocycles. The van der Waals surface area contributed by atoms with Crippen molar-refractivity contribution in [3.05, 3.63) is 69.8 Å². The van der Waals surface area contributed by atoms with Crippen molar-refractivity contribution >= 4 is 23.1 Å². The highest BCUT2D eigenvalue weighted by atomic mass is 35.5. The van der Waals surface area contributed by atoms with Crippen molar-refractivity contribution in [1.82, 2.24) is 0 Å². The van der Waals surface area contributed by atoms with Gasteiger partial charge in [0.25, 0.3) is 0 Å². The molecule has 0 radical (unpaired) electrons. The lowest BCUT2D eigenvalue weighted by Crippen LogP contribution is -2.11. The van der Waals surface area contributed by atoms with Crippen molar-refractivity contribution in [3.63, 3.8) is 0 Å². The fourth-order valence-corrected chi connectivity index (χ4v) is 3.00. The van der Waals surface area contributed by atoms with Crippen LogP contribution in [-0.2, 0) is 9.53 Å². The van der Waals surface area contributed by atoms with Crippen LogP contribution in [0.1, 0.15) is 22.8 Å². The number of fused-ring (bicyclic) bond motifs is 1. The van der Waals surface area contributed by atoms with Gasteiger partial charge in [-0.25, -0.2) is 4.79 Å². The van der Waals surface area contributed by atoms with Crippen LogP contribution in [0.15, 0.2) is 48.0 Å². The molecule has 4 nitrogen and oxygen atoms in total. The fourth-order valence-electron chi connectivity index (χ4n) is 2.82. The third kappa shape index (κ3) is 2.60. The van der Waals surface area contributed by atoms with Gasteiger partial charge in [0.15, 0.2) is 0 Å². The van der Waals surface area contributed by atoms with Crippen molar-refractivity contribution in [2.45, 2.75) is 6.10 Å². The number of rotatable bonds is 3. The zero-order chi connectivity index (χ0) is 16.6. The second-order valence-electron chi connectivity index (χ2n) is 5.14. The Morgan fingerprint density at radius 2 is 1.83 bits per heavy atom. The highest BCUT2D eigenvalue weighted by molar-refractivity contribution is 6.30. The molecule has 0 aliphatic heterocycles. The molecule has 3 rings (SSSR count). The first-order chi connectivity index (χ1) is 11.1. The van der Waals surface area contributed by atoms with Crippen LogP contribution in [0.2, 0.25) is 5.02 Å². The van der Waals surface area contributed by atoms with E-state index in [0.29, 0.717) is 21.9 Å². The number of ether oxygens (including phenoxy) is 2. The minimum Gasteiger partial charge on any atom is -0.497 e. The lowest BCUT2D eigenvalue weighted by molar-refractivity contribution is -0.137. The van der Waals surface area contributed by atoms with Crippen LogP contribution in [0.5, 0.6) is 5.75 Å². The molecule has 1 atom stereocenters. The zero-order valence-corrected chi connectivity index (χ0v) is 13.4. The normalized spacial score (nSPS) is 16.3. The Balaban J connectivity index is 2.22. The first-order valence-electron chi connectivity index (χ1n) is 7.01. The summed E-state index contributed by atoms with van der Waals surface area (Å²) in [6.45, 7) is 0. The van der Waals surface area contributed by atoms with E-state index in [0.717, 1.165) is 11.1 Å². The molecule has 1 unspecified atom stereocenters. The minimum absolute atomic E-state index is 0.218. The highest BCUT2D eigenvalue weighted by Gasteiger charge is 2.35. The molecule has 2 aromatic rings. The van der Waals surface area contributed by atoms with Gasteiger partial charge in [0.05, 0.1) is 19.8 Å². The smallest absolute Gasteiger partial charge is 0.337 e. The van der Waals surface area contributed by atoms with Crippen LogP contribution in [0.4, 0.5) is 0 Å². The van der Waals surface area contributed by atoms with E-state index in [9.17, 15) is 9.90 Å². The van der Waals surface area contributed by atoms with Crippen LogP contribution in [-0.4, -0.2) is 25.3 Å². The second kappa shape index (κ2) is 6.07. The van der Waals surface area contributed by atoms with Gasteiger partial charge in [-0.3, -0.25) is 0 Å². The van der Waals surface area contributed by atoms with E-state index in [1.54, 1.807) is 37.4 Å². The first-order valence-corrected chi connectivity index (χ1v) is 7.39. The number of hydrogen-bond donors (Lipinski definition) is 1. The Morgan fingerprint density at radius 3 is 2.43 bits per heavy atom. The van der Waals surface area contributed by atoms with Crippen LogP contribution in [0.25, 0.3) is 5.57 Å². The molecular formula is C18H15ClO4. The monoisotopic (exact) mass is 330 g/mol. The molecule has 2 aromatic carbocycles. The minimum atomic E-state index is -1.06. The number of aliphatic hydroxyl groups excluding tert-OH is 1. The molecule has 5 heteroatoms. The van der Waals surface area contributed by atoms with Crippen LogP contribution in [0, 0.1) is 0 Å². The van der Waals surface area contributed by atoms with Crippen molar-refractivity contribution < 1.29 is 19.4 Å². The quantitative estimate of drug-likeness (QED) is 0.877. The van der Waals surface area contributed by atoms with E-state index in [1.807, 2.05) is 12.1 Å². The average Bonchev–Trinajstić information content (AvgIpc) is 2.86. The van der Waals surface area contributed by atoms with E-state index in [2.05, 4.69) is 0 Å². The Kier molecular flexibility index (Phi) is 4.11. The molecule has 0 fully saturated rings. The van der Waals surface area contributed by atoms with Gasteiger partial charge in [-0.1, -0.05) is 29.8 Å². The Morgan fingerprint density at radius 1 is 1.13 bits per heavy atom. The van der Waals surface area contributed by atoms with E-state index in [1.165, 1.54) is 7.11 Å². The van der Waals surface area contributed by atoms with E-state index in [-0.39, 0.29) is 5.57 Å². The zero-order valence-electron chi connectivity index (χ0n) is 12.7. The first kappa shape index (κ1) is 15.6. The van der Waals surface area contributed by atoms with Gasteiger partial charge in [-0.2, -0.15) is 0 Å². The summed E-state index contributed by atoms with van der Waals surface area (Å²) in [4.78, 5) is 12.2. The summed E-state index contributed by atoms with van der Waals surface area (Å²) >= 11 is 6.02. The van der Waals surface area contributed by atoms with Gasteiger partial charge < -0.3 is 14.6 Å². The highest BCUT2D eigenvalue weighted by Crippen LogP contribution is 2.45. The molecule has 118 valence electrons. The summed E-state index contributed by atoms with van der Waals surface area (Å²) in [5, 5.41) is 11.1. The lowest BCUT2D eigenvalue weighted by atomic mass is 9.97. The largest absolute Gasteiger partial charge is 0.497 e. The third-order valence-corrected chi connectivity index (χ3v) is 4.14. The maximum Gasteiger partial charge on any atom is 0.337 e. The van der Waals surface area contributed by atoms with E-state index in [4.69, 9.17) is 21.1 Å². The molecule has 23 heavy (non-hydrogen) atoms. The number of carbonyl (C=O) groups is 1. The Bertz CT molecular complexity index is 793. The Labute approximate surface area is 138 Å². The predicted octanol–water partition coefficient (Wildman–Crippen LogP) is 3.37. The Hall–Kier alpha value is -2.30. The SMILES string of the molecule is COC(=O)C1=C(c2ccc(OC)cc2)c2ccc(Cl)cc2C1O. The van der Waals surface area contributed by atoms with Crippen molar-refractivity contribution in [3.8, 4) is 5.75 Å². The summed E-state index contributed by atoms with van der Waals surface area (Å²) in [6.07, 6.45) is -1.06. The molecule has 1 N–H and O–H groups in total. The number of hydrogen-bond acceptors (Lipinski definition) is 4. The van der Waals surface area contributed by atoms with Crippen LogP contribution < -0.4 is 4.74 Å². The molecular weight excluding hydrogens is 316 g/mol. The van der Waals surface area contributed by atoms with Gasteiger partial charge in [0.1, 0.15) is 11.9 Å². The van der Waals surface area contributed by atoms with Gasteiger partial charge in [0.2, 0.25) is 0 Å². The molecule has 0 bridgehead atoms. The van der Waals surface area contributed by atoms with Crippen molar-refractivity contribution in [1.29, 1.82) is 0 Å². The van der Waals surface area contributed by atoms with Gasteiger partial charge in [0, 0.05) is 10.6 Å². The van der Waals surface area contributed by atoms with Crippen LogP contribution in [0.3, 0.4) is 0 Å². The number of halogens is 1. The average molecular weight is 331 g/mol. The molecule has 0 saturated heterocycles. The maximum atomic E-state index is 12.2. The van der Waals surface area contributed by atoms with Crippen LogP contribution >= 0.6 is 11.6 Å². The molecule has 0 heterocycles. The molecule has 1 aliphatic rings. The second-order valence-corrected chi connectivity index (χ2v) is 5.58. The summed E-state index contributed by atoms with van der Waals surface area (Å²) in [5.74, 6) is 0.152. The maximum absolute atomic E-state index is 12.2. The summed E-state index contributed by atoms with van der Waals surface area (Å²) < 4.78 is 10.0. The molecule has 0 spiro atoms.